The van der Waals surface area contributed by atoms with Crippen molar-refractivity contribution >= 4 is 0 Å². The van der Waals surface area contributed by atoms with Gasteiger partial charge < -0.3 is 4.74 Å². The minimum atomic E-state index is 0.100. The van der Waals surface area contributed by atoms with E-state index in [2.05, 4.69) is 44.2 Å². The molecule has 19 heavy (non-hydrogen) atoms. The summed E-state index contributed by atoms with van der Waals surface area (Å²) in [5.74, 6) is 0.522. The fourth-order valence-corrected chi connectivity index (χ4v) is 3.02. The van der Waals surface area contributed by atoms with Crippen molar-refractivity contribution in [3.8, 4) is 6.07 Å². The molecule has 2 rings (SSSR count). The maximum atomic E-state index is 9.20. The lowest BCUT2D eigenvalue weighted by Gasteiger charge is -2.41. The van der Waals surface area contributed by atoms with E-state index >= 15 is 0 Å². The van der Waals surface area contributed by atoms with E-state index in [9.17, 15) is 5.26 Å². The molecular weight excluding hydrogens is 234 g/mol. The van der Waals surface area contributed by atoms with Crippen molar-refractivity contribution < 1.29 is 4.74 Å². The van der Waals surface area contributed by atoms with Gasteiger partial charge in [0.25, 0.3) is 0 Å². The third-order valence-electron chi connectivity index (χ3n) is 4.22. The van der Waals surface area contributed by atoms with Crippen LogP contribution >= 0.6 is 0 Å². The summed E-state index contributed by atoms with van der Waals surface area (Å²) in [5.41, 5.74) is 1.44. The highest BCUT2D eigenvalue weighted by atomic mass is 16.5. The molecule has 0 amide bonds. The molecule has 2 unspecified atom stereocenters. The van der Waals surface area contributed by atoms with Crippen LogP contribution in [0.4, 0.5) is 0 Å². The first-order valence-corrected chi connectivity index (χ1v) is 7.18. The molecule has 1 aromatic rings. The lowest BCUT2D eigenvalue weighted by Crippen LogP contribution is -2.39. The van der Waals surface area contributed by atoms with Crippen molar-refractivity contribution in [2.45, 2.75) is 45.6 Å². The molecule has 0 saturated carbocycles. The van der Waals surface area contributed by atoms with Gasteiger partial charge in [0.1, 0.15) is 0 Å². The number of rotatable bonds is 4. The molecule has 2 atom stereocenters. The van der Waals surface area contributed by atoms with Gasteiger partial charge in [0.2, 0.25) is 0 Å². The first kappa shape index (κ1) is 14.1. The number of nitrogens with zero attached hydrogens (tertiary/aromatic N) is 1. The molecule has 0 radical (unpaired) electrons. The first-order valence-electron chi connectivity index (χ1n) is 7.18. The van der Waals surface area contributed by atoms with Gasteiger partial charge in [-0.3, -0.25) is 0 Å². The van der Waals surface area contributed by atoms with Gasteiger partial charge in [-0.15, -0.1) is 0 Å². The highest BCUT2D eigenvalue weighted by molar-refractivity contribution is 5.17. The van der Waals surface area contributed by atoms with E-state index in [1.54, 1.807) is 0 Å². The van der Waals surface area contributed by atoms with E-state index in [1.165, 1.54) is 5.56 Å². The molecule has 102 valence electrons. The standard InChI is InChI=1S/C17H23NO/c1-14(2)16-13-17(8-10-18,9-11-19-16)12-15-6-4-3-5-7-15/h3-7,14,16H,8-9,11-13H2,1-2H3. The topological polar surface area (TPSA) is 33.0 Å². The zero-order chi connectivity index (χ0) is 13.7. The van der Waals surface area contributed by atoms with Gasteiger partial charge in [0.05, 0.1) is 12.2 Å². The molecular formula is C17H23NO. The summed E-state index contributed by atoms with van der Waals surface area (Å²) in [5, 5.41) is 9.20. The second-order valence-electron chi connectivity index (χ2n) is 6.10. The third-order valence-corrected chi connectivity index (χ3v) is 4.22. The van der Waals surface area contributed by atoms with Crippen LogP contribution in [0.2, 0.25) is 0 Å². The van der Waals surface area contributed by atoms with E-state index in [-0.39, 0.29) is 5.41 Å². The molecule has 1 aliphatic heterocycles. The van der Waals surface area contributed by atoms with E-state index in [0.717, 1.165) is 25.9 Å². The van der Waals surface area contributed by atoms with Crippen LogP contribution < -0.4 is 0 Å². The Morgan fingerprint density at radius 3 is 2.74 bits per heavy atom. The Labute approximate surface area is 116 Å². The van der Waals surface area contributed by atoms with Crippen molar-refractivity contribution in [3.63, 3.8) is 0 Å². The molecule has 0 aliphatic carbocycles. The summed E-state index contributed by atoms with van der Waals surface area (Å²) in [6, 6.07) is 12.9. The van der Waals surface area contributed by atoms with Gasteiger partial charge in [-0.05, 0) is 36.2 Å². The number of benzene rings is 1. The monoisotopic (exact) mass is 257 g/mol. The van der Waals surface area contributed by atoms with E-state index in [4.69, 9.17) is 4.74 Å². The van der Waals surface area contributed by atoms with E-state index in [0.29, 0.717) is 18.4 Å². The number of nitriles is 1. The van der Waals surface area contributed by atoms with Gasteiger partial charge in [0.15, 0.2) is 0 Å². The average molecular weight is 257 g/mol. The summed E-state index contributed by atoms with van der Waals surface area (Å²) in [4.78, 5) is 0. The van der Waals surface area contributed by atoms with Gasteiger partial charge in [-0.2, -0.15) is 5.26 Å². The Morgan fingerprint density at radius 2 is 2.11 bits per heavy atom. The Kier molecular flexibility index (Phi) is 4.61. The fraction of sp³-hybridized carbons (Fsp3) is 0.588. The van der Waals surface area contributed by atoms with Crippen LogP contribution in [0.3, 0.4) is 0 Å². The molecule has 2 heteroatoms. The molecule has 1 aromatic carbocycles. The molecule has 1 heterocycles. The number of ether oxygens (including phenoxy) is 1. The average Bonchev–Trinajstić information content (AvgIpc) is 2.40. The van der Waals surface area contributed by atoms with Crippen LogP contribution in [-0.4, -0.2) is 12.7 Å². The summed E-state index contributed by atoms with van der Waals surface area (Å²) >= 11 is 0. The molecule has 2 nitrogen and oxygen atoms in total. The van der Waals surface area contributed by atoms with Crippen LogP contribution in [0.5, 0.6) is 0 Å². The van der Waals surface area contributed by atoms with Crippen LogP contribution in [0.1, 0.15) is 38.7 Å². The van der Waals surface area contributed by atoms with Crippen LogP contribution in [0.25, 0.3) is 0 Å². The van der Waals surface area contributed by atoms with Crippen LogP contribution in [-0.2, 0) is 11.2 Å². The second-order valence-corrected chi connectivity index (χ2v) is 6.10. The van der Waals surface area contributed by atoms with Gasteiger partial charge in [0, 0.05) is 13.0 Å². The van der Waals surface area contributed by atoms with Gasteiger partial charge in [-0.25, -0.2) is 0 Å². The SMILES string of the molecule is CC(C)C1CC(CC#N)(Cc2ccccc2)CCO1. The molecule has 0 spiro atoms. The summed E-state index contributed by atoms with van der Waals surface area (Å²) < 4.78 is 5.87. The minimum Gasteiger partial charge on any atom is -0.378 e. The minimum absolute atomic E-state index is 0.100. The van der Waals surface area contributed by atoms with Gasteiger partial charge >= 0.3 is 0 Å². The summed E-state index contributed by atoms with van der Waals surface area (Å²) in [6.45, 7) is 5.20. The zero-order valence-corrected chi connectivity index (χ0v) is 11.9. The zero-order valence-electron chi connectivity index (χ0n) is 11.9. The molecule has 1 aliphatic rings. The maximum absolute atomic E-state index is 9.20. The highest BCUT2D eigenvalue weighted by Gasteiger charge is 2.38. The van der Waals surface area contributed by atoms with E-state index < -0.39 is 0 Å². The van der Waals surface area contributed by atoms with Crippen molar-refractivity contribution in [2.24, 2.45) is 11.3 Å². The summed E-state index contributed by atoms with van der Waals surface area (Å²) in [7, 11) is 0. The Bertz CT molecular complexity index is 434. The van der Waals surface area contributed by atoms with Crippen LogP contribution in [0.15, 0.2) is 30.3 Å². The van der Waals surface area contributed by atoms with E-state index in [1.807, 2.05) is 6.07 Å². The van der Waals surface area contributed by atoms with Gasteiger partial charge in [-0.1, -0.05) is 44.2 Å². The first-order chi connectivity index (χ1) is 9.15. The molecule has 0 bridgehead atoms. The predicted octanol–water partition coefficient (Wildman–Crippen LogP) is 3.96. The lowest BCUT2D eigenvalue weighted by atomic mass is 9.70. The predicted molar refractivity (Wildman–Crippen MR) is 76.6 cm³/mol. The van der Waals surface area contributed by atoms with Crippen molar-refractivity contribution in [1.82, 2.24) is 0 Å². The largest absolute Gasteiger partial charge is 0.378 e. The van der Waals surface area contributed by atoms with Crippen molar-refractivity contribution in [3.05, 3.63) is 35.9 Å². The number of hydrogen-bond acceptors (Lipinski definition) is 2. The Balaban J connectivity index is 2.15. The summed E-state index contributed by atoms with van der Waals surface area (Å²) in [6.07, 6.45) is 3.93. The fourth-order valence-electron chi connectivity index (χ4n) is 3.02. The molecule has 1 saturated heterocycles. The Hall–Kier alpha value is -1.33. The van der Waals surface area contributed by atoms with Crippen LogP contribution in [0, 0.1) is 22.7 Å². The smallest absolute Gasteiger partial charge is 0.0627 e. The second kappa shape index (κ2) is 6.21. The normalized spacial score (nSPS) is 27.2. The quantitative estimate of drug-likeness (QED) is 0.817. The maximum Gasteiger partial charge on any atom is 0.0627 e. The molecule has 1 fully saturated rings. The number of hydrogen-bond donors (Lipinski definition) is 0. The van der Waals surface area contributed by atoms with Crippen molar-refractivity contribution in [2.75, 3.05) is 6.61 Å². The van der Waals surface area contributed by atoms with Crippen molar-refractivity contribution in [1.29, 1.82) is 5.26 Å². The third kappa shape index (κ3) is 3.58. The lowest BCUT2D eigenvalue weighted by molar-refractivity contribution is -0.0681. The molecule has 0 aromatic heterocycles. The molecule has 0 N–H and O–H groups in total. The highest BCUT2D eigenvalue weighted by Crippen LogP contribution is 2.41. The Morgan fingerprint density at radius 1 is 1.37 bits per heavy atom.